The van der Waals surface area contributed by atoms with Crippen LogP contribution in [0.25, 0.3) is 16.7 Å². The minimum atomic E-state index is -0.527. The molecule has 1 heterocycles. The minimum Gasteiger partial charge on any atom is -0.494 e. The number of carbonyl (C=O) groups is 2. The normalized spacial score (nSPS) is 10.6. The number of imide groups is 1. The zero-order chi connectivity index (χ0) is 19.2. The average Bonchev–Trinajstić information content (AvgIpc) is 3.05. The van der Waals surface area contributed by atoms with Crippen molar-refractivity contribution in [2.24, 2.45) is 0 Å². The van der Waals surface area contributed by atoms with E-state index in [4.69, 9.17) is 4.74 Å². The number of carbonyl (C=O) groups excluding carboxylic acids is 2. The van der Waals surface area contributed by atoms with E-state index in [1.165, 1.54) is 18.8 Å². The molecule has 0 fully saturated rings. The fourth-order valence-electron chi connectivity index (χ4n) is 2.56. The second-order valence-electron chi connectivity index (χ2n) is 5.56. The summed E-state index contributed by atoms with van der Waals surface area (Å²) >= 11 is 1.27. The van der Waals surface area contributed by atoms with Crippen LogP contribution in [0.2, 0.25) is 0 Å². The first-order valence-corrected chi connectivity index (χ1v) is 9.46. The van der Waals surface area contributed by atoms with Gasteiger partial charge in [0.1, 0.15) is 5.75 Å². The van der Waals surface area contributed by atoms with Gasteiger partial charge in [0.15, 0.2) is 5.16 Å². The Morgan fingerprint density at radius 1 is 1.15 bits per heavy atom. The molecule has 2 aromatic carbocycles. The predicted octanol–water partition coefficient (Wildman–Crippen LogP) is 2.97. The van der Waals surface area contributed by atoms with Crippen LogP contribution >= 0.6 is 11.8 Å². The van der Waals surface area contributed by atoms with Crippen molar-refractivity contribution in [1.82, 2.24) is 20.2 Å². The van der Waals surface area contributed by atoms with E-state index in [-0.39, 0.29) is 11.7 Å². The number of imidazole rings is 1. The standard InChI is InChI=1S/C19H20N4O3S/c1-3-26-14-10-8-13(9-11-14)23-16-7-5-4-6-15(16)21-19(23)27-12-17(24)22-18(25)20-2/h4-11H,3,12H2,1-2H3,(H2,20,22,24,25). The number of ether oxygens (including phenoxy) is 1. The fourth-order valence-corrected chi connectivity index (χ4v) is 3.39. The molecule has 0 bridgehead atoms. The van der Waals surface area contributed by atoms with E-state index in [1.807, 2.05) is 60.0 Å². The summed E-state index contributed by atoms with van der Waals surface area (Å²) in [6.45, 7) is 2.55. The monoisotopic (exact) mass is 384 g/mol. The number of benzene rings is 2. The van der Waals surface area contributed by atoms with Crippen LogP contribution in [0.3, 0.4) is 0 Å². The van der Waals surface area contributed by atoms with Crippen molar-refractivity contribution in [2.45, 2.75) is 12.1 Å². The summed E-state index contributed by atoms with van der Waals surface area (Å²) < 4.78 is 7.49. The number of thioether (sulfide) groups is 1. The summed E-state index contributed by atoms with van der Waals surface area (Å²) in [5.41, 5.74) is 2.69. The van der Waals surface area contributed by atoms with Crippen molar-refractivity contribution in [2.75, 3.05) is 19.4 Å². The quantitative estimate of drug-likeness (QED) is 0.638. The Hall–Kier alpha value is -3.00. The highest BCUT2D eigenvalue weighted by Crippen LogP contribution is 2.28. The van der Waals surface area contributed by atoms with Crippen LogP contribution in [0, 0.1) is 0 Å². The van der Waals surface area contributed by atoms with Gasteiger partial charge in [0.25, 0.3) is 0 Å². The van der Waals surface area contributed by atoms with Crippen LogP contribution in [0.1, 0.15) is 6.92 Å². The molecule has 140 valence electrons. The third-order valence-corrected chi connectivity index (χ3v) is 4.69. The van der Waals surface area contributed by atoms with Crippen LogP contribution in [0.15, 0.2) is 53.7 Å². The molecular formula is C19H20N4O3S. The maximum absolute atomic E-state index is 11.9. The number of para-hydroxylation sites is 2. The largest absolute Gasteiger partial charge is 0.494 e. The molecule has 7 nitrogen and oxygen atoms in total. The van der Waals surface area contributed by atoms with E-state index in [2.05, 4.69) is 15.6 Å². The van der Waals surface area contributed by atoms with Crippen molar-refractivity contribution in [1.29, 1.82) is 0 Å². The number of amides is 3. The lowest BCUT2D eigenvalue weighted by Gasteiger charge is -2.10. The van der Waals surface area contributed by atoms with Crippen molar-refractivity contribution in [3.8, 4) is 11.4 Å². The van der Waals surface area contributed by atoms with Crippen molar-refractivity contribution in [3.63, 3.8) is 0 Å². The summed E-state index contributed by atoms with van der Waals surface area (Å²) in [5.74, 6) is 0.489. The van der Waals surface area contributed by atoms with Gasteiger partial charge in [0.05, 0.1) is 23.4 Å². The molecule has 3 rings (SSSR count). The van der Waals surface area contributed by atoms with E-state index in [0.717, 1.165) is 22.5 Å². The molecule has 2 N–H and O–H groups in total. The number of fused-ring (bicyclic) bond motifs is 1. The third kappa shape index (κ3) is 4.40. The number of rotatable bonds is 6. The Labute approximate surface area is 161 Å². The van der Waals surface area contributed by atoms with E-state index in [0.29, 0.717) is 11.8 Å². The summed E-state index contributed by atoms with van der Waals surface area (Å²) in [5, 5.41) is 5.28. The molecule has 8 heteroatoms. The highest BCUT2D eigenvalue weighted by Gasteiger charge is 2.15. The number of hydrogen-bond donors (Lipinski definition) is 2. The molecule has 0 spiro atoms. The molecule has 0 saturated carbocycles. The van der Waals surface area contributed by atoms with Crippen LogP contribution in [-0.4, -0.2) is 40.9 Å². The topological polar surface area (TPSA) is 85.2 Å². The van der Waals surface area contributed by atoms with Gasteiger partial charge in [-0.15, -0.1) is 0 Å². The van der Waals surface area contributed by atoms with Gasteiger partial charge in [0, 0.05) is 12.7 Å². The van der Waals surface area contributed by atoms with Gasteiger partial charge < -0.3 is 10.1 Å². The maximum atomic E-state index is 11.9. The van der Waals surface area contributed by atoms with Crippen LogP contribution < -0.4 is 15.4 Å². The summed E-state index contributed by atoms with van der Waals surface area (Å²) in [4.78, 5) is 27.8. The van der Waals surface area contributed by atoms with Gasteiger partial charge in [-0.3, -0.25) is 14.7 Å². The molecule has 1 aromatic heterocycles. The molecular weight excluding hydrogens is 364 g/mol. The van der Waals surface area contributed by atoms with Crippen LogP contribution in [0.4, 0.5) is 4.79 Å². The fraction of sp³-hybridized carbons (Fsp3) is 0.211. The number of aromatic nitrogens is 2. The van der Waals surface area contributed by atoms with Crippen molar-refractivity contribution in [3.05, 3.63) is 48.5 Å². The molecule has 3 aromatic rings. The third-order valence-electron chi connectivity index (χ3n) is 3.75. The molecule has 0 unspecified atom stereocenters. The van der Waals surface area contributed by atoms with E-state index >= 15 is 0 Å². The van der Waals surface area contributed by atoms with Gasteiger partial charge >= 0.3 is 6.03 Å². The molecule has 0 aliphatic carbocycles. The number of nitrogens with zero attached hydrogens (tertiary/aromatic N) is 2. The van der Waals surface area contributed by atoms with Gasteiger partial charge in [-0.1, -0.05) is 23.9 Å². The Morgan fingerprint density at radius 2 is 1.89 bits per heavy atom. The zero-order valence-electron chi connectivity index (χ0n) is 15.1. The van der Waals surface area contributed by atoms with E-state index in [9.17, 15) is 9.59 Å². The first-order valence-electron chi connectivity index (χ1n) is 8.47. The van der Waals surface area contributed by atoms with Crippen molar-refractivity contribution >= 4 is 34.7 Å². The number of nitrogens with one attached hydrogen (secondary N) is 2. The van der Waals surface area contributed by atoms with Gasteiger partial charge in [0.2, 0.25) is 5.91 Å². The first kappa shape index (κ1) is 18.8. The SMILES string of the molecule is CCOc1ccc(-n2c(SCC(=O)NC(=O)NC)nc3ccccc32)cc1. The highest BCUT2D eigenvalue weighted by molar-refractivity contribution is 7.99. The molecule has 0 saturated heterocycles. The Bertz CT molecular complexity index is 953. The van der Waals surface area contributed by atoms with Crippen LogP contribution in [0.5, 0.6) is 5.75 Å². The molecule has 0 aliphatic rings. The van der Waals surface area contributed by atoms with E-state index in [1.54, 1.807) is 0 Å². The second-order valence-corrected chi connectivity index (χ2v) is 6.50. The summed E-state index contributed by atoms with van der Waals surface area (Å²) in [7, 11) is 1.46. The lowest BCUT2D eigenvalue weighted by molar-refractivity contribution is -0.117. The average molecular weight is 384 g/mol. The first-order chi connectivity index (χ1) is 13.1. The highest BCUT2D eigenvalue weighted by atomic mass is 32.2. The van der Waals surface area contributed by atoms with E-state index < -0.39 is 6.03 Å². The zero-order valence-corrected chi connectivity index (χ0v) is 15.9. The number of hydrogen-bond acceptors (Lipinski definition) is 5. The minimum absolute atomic E-state index is 0.0772. The second kappa shape index (κ2) is 8.59. The molecule has 27 heavy (non-hydrogen) atoms. The van der Waals surface area contributed by atoms with Crippen LogP contribution in [-0.2, 0) is 4.79 Å². The smallest absolute Gasteiger partial charge is 0.321 e. The predicted molar refractivity (Wildman–Crippen MR) is 106 cm³/mol. The molecule has 0 aliphatic heterocycles. The Morgan fingerprint density at radius 3 is 2.59 bits per heavy atom. The maximum Gasteiger partial charge on any atom is 0.321 e. The summed E-state index contributed by atoms with van der Waals surface area (Å²) in [6.07, 6.45) is 0. The summed E-state index contributed by atoms with van der Waals surface area (Å²) in [6, 6.07) is 15.0. The van der Waals surface area contributed by atoms with Crippen molar-refractivity contribution < 1.29 is 14.3 Å². The lowest BCUT2D eigenvalue weighted by Crippen LogP contribution is -2.38. The lowest BCUT2D eigenvalue weighted by atomic mass is 10.2. The number of urea groups is 1. The Kier molecular flexibility index (Phi) is 5.97. The van der Waals surface area contributed by atoms with Gasteiger partial charge in [-0.2, -0.15) is 0 Å². The van der Waals surface area contributed by atoms with Gasteiger partial charge in [-0.25, -0.2) is 9.78 Å². The molecule has 3 amide bonds. The Balaban J connectivity index is 1.90. The molecule has 0 atom stereocenters. The van der Waals surface area contributed by atoms with Gasteiger partial charge in [-0.05, 0) is 43.3 Å². The molecule has 0 radical (unpaired) electrons.